The first kappa shape index (κ1) is 17.9. The standard InChI is InChI=1S/C18H28N2O2Si/c1-13(12-22-23(6,7)18(2,3)4)14-10-11-19-15-8-9-16(21-5)20-17(14)15/h8-11,13H,12H2,1-7H3. The highest BCUT2D eigenvalue weighted by Gasteiger charge is 2.37. The molecule has 4 nitrogen and oxygen atoms in total. The van der Waals surface area contributed by atoms with Crippen LogP contribution in [0.3, 0.4) is 0 Å². The Labute approximate surface area is 140 Å². The first-order chi connectivity index (χ1) is 10.7. The van der Waals surface area contributed by atoms with Crippen molar-refractivity contribution in [2.24, 2.45) is 0 Å². The second kappa shape index (κ2) is 6.57. The van der Waals surface area contributed by atoms with Crippen LogP contribution in [0.5, 0.6) is 5.88 Å². The van der Waals surface area contributed by atoms with E-state index in [9.17, 15) is 0 Å². The van der Waals surface area contributed by atoms with Crippen molar-refractivity contribution in [3.63, 3.8) is 0 Å². The van der Waals surface area contributed by atoms with Gasteiger partial charge in [-0.3, -0.25) is 4.98 Å². The minimum Gasteiger partial charge on any atom is -0.481 e. The molecule has 0 N–H and O–H groups in total. The van der Waals surface area contributed by atoms with E-state index in [2.05, 4.69) is 50.8 Å². The Bertz CT molecular complexity index is 680. The summed E-state index contributed by atoms with van der Waals surface area (Å²) in [5, 5.41) is 0.217. The lowest BCUT2D eigenvalue weighted by Crippen LogP contribution is -2.41. The Hall–Kier alpha value is -1.46. The lowest BCUT2D eigenvalue weighted by atomic mass is 10.0. The van der Waals surface area contributed by atoms with Crippen molar-refractivity contribution in [1.29, 1.82) is 0 Å². The van der Waals surface area contributed by atoms with Gasteiger partial charge in [0.1, 0.15) is 0 Å². The molecule has 5 heteroatoms. The first-order valence-corrected chi connectivity index (χ1v) is 11.0. The van der Waals surface area contributed by atoms with E-state index in [1.54, 1.807) is 7.11 Å². The number of ether oxygens (including phenoxy) is 1. The van der Waals surface area contributed by atoms with Crippen LogP contribution in [-0.2, 0) is 4.43 Å². The van der Waals surface area contributed by atoms with E-state index in [0.717, 1.165) is 16.6 Å². The zero-order valence-corrected chi connectivity index (χ0v) is 16.3. The largest absolute Gasteiger partial charge is 0.481 e. The third-order valence-electron chi connectivity index (χ3n) is 4.83. The van der Waals surface area contributed by atoms with E-state index in [1.807, 2.05) is 24.4 Å². The van der Waals surface area contributed by atoms with Gasteiger partial charge in [-0.15, -0.1) is 0 Å². The molecule has 0 bridgehead atoms. The van der Waals surface area contributed by atoms with Gasteiger partial charge in [0.25, 0.3) is 0 Å². The second-order valence-corrected chi connectivity index (χ2v) is 12.4. The molecular formula is C18H28N2O2Si. The molecule has 0 aliphatic carbocycles. The van der Waals surface area contributed by atoms with Gasteiger partial charge in [-0.1, -0.05) is 27.7 Å². The average molecular weight is 333 g/mol. The van der Waals surface area contributed by atoms with Gasteiger partial charge in [0.15, 0.2) is 8.32 Å². The summed E-state index contributed by atoms with van der Waals surface area (Å²) in [7, 11) is -0.113. The molecule has 0 saturated heterocycles. The zero-order valence-electron chi connectivity index (χ0n) is 15.3. The number of fused-ring (bicyclic) bond motifs is 1. The van der Waals surface area contributed by atoms with Crippen molar-refractivity contribution in [3.05, 3.63) is 30.0 Å². The summed E-state index contributed by atoms with van der Waals surface area (Å²) >= 11 is 0. The molecule has 2 aromatic rings. The van der Waals surface area contributed by atoms with Crippen molar-refractivity contribution >= 4 is 19.4 Å². The van der Waals surface area contributed by atoms with Gasteiger partial charge in [0.2, 0.25) is 5.88 Å². The van der Waals surface area contributed by atoms with E-state index in [0.29, 0.717) is 12.5 Å². The Morgan fingerprint density at radius 1 is 1.17 bits per heavy atom. The summed E-state index contributed by atoms with van der Waals surface area (Å²) in [6.45, 7) is 14.2. The highest BCUT2D eigenvalue weighted by atomic mass is 28.4. The van der Waals surface area contributed by atoms with E-state index in [-0.39, 0.29) is 11.0 Å². The van der Waals surface area contributed by atoms with Gasteiger partial charge in [-0.25, -0.2) is 4.98 Å². The van der Waals surface area contributed by atoms with Crippen molar-refractivity contribution in [2.75, 3.05) is 13.7 Å². The fourth-order valence-electron chi connectivity index (χ4n) is 2.18. The zero-order chi connectivity index (χ0) is 17.3. The highest BCUT2D eigenvalue weighted by molar-refractivity contribution is 6.74. The summed E-state index contributed by atoms with van der Waals surface area (Å²) < 4.78 is 11.6. The van der Waals surface area contributed by atoms with Gasteiger partial charge < -0.3 is 9.16 Å². The summed E-state index contributed by atoms with van der Waals surface area (Å²) in [6.07, 6.45) is 1.84. The predicted octanol–water partition coefficient (Wildman–Crippen LogP) is 4.76. The van der Waals surface area contributed by atoms with Crippen LogP contribution in [0.4, 0.5) is 0 Å². The van der Waals surface area contributed by atoms with Crippen LogP contribution in [0.15, 0.2) is 24.4 Å². The minimum absolute atomic E-state index is 0.217. The molecular weight excluding hydrogens is 304 g/mol. The quantitative estimate of drug-likeness (QED) is 0.740. The summed E-state index contributed by atoms with van der Waals surface area (Å²) in [6, 6.07) is 5.83. The molecule has 0 amide bonds. The van der Waals surface area contributed by atoms with Gasteiger partial charge in [0.05, 0.1) is 18.1 Å². The number of aromatic nitrogens is 2. The Morgan fingerprint density at radius 3 is 2.48 bits per heavy atom. The number of hydrogen-bond acceptors (Lipinski definition) is 4. The fourth-order valence-corrected chi connectivity index (χ4v) is 3.28. The molecule has 0 fully saturated rings. The summed E-state index contributed by atoms with van der Waals surface area (Å²) in [5.41, 5.74) is 2.95. The molecule has 0 aliphatic heterocycles. The molecule has 1 atom stereocenters. The molecule has 126 valence electrons. The van der Waals surface area contributed by atoms with Crippen LogP contribution >= 0.6 is 0 Å². The van der Waals surface area contributed by atoms with Crippen LogP contribution in [0.25, 0.3) is 11.0 Å². The molecule has 23 heavy (non-hydrogen) atoms. The predicted molar refractivity (Wildman–Crippen MR) is 97.7 cm³/mol. The maximum atomic E-state index is 6.38. The summed E-state index contributed by atoms with van der Waals surface area (Å²) in [4.78, 5) is 8.98. The van der Waals surface area contributed by atoms with Crippen LogP contribution in [-0.4, -0.2) is 32.0 Å². The fraction of sp³-hybridized carbons (Fsp3) is 0.556. The SMILES string of the molecule is COc1ccc2nccc(C(C)CO[Si](C)(C)C(C)(C)C)c2n1. The lowest BCUT2D eigenvalue weighted by Gasteiger charge is -2.37. The van der Waals surface area contributed by atoms with Gasteiger partial charge in [-0.2, -0.15) is 0 Å². The number of rotatable bonds is 5. The molecule has 2 rings (SSSR count). The van der Waals surface area contributed by atoms with Crippen LogP contribution < -0.4 is 4.74 Å². The lowest BCUT2D eigenvalue weighted by molar-refractivity contribution is 0.269. The third-order valence-corrected chi connectivity index (χ3v) is 9.33. The molecule has 0 aromatic carbocycles. The molecule has 0 spiro atoms. The van der Waals surface area contributed by atoms with Gasteiger partial charge >= 0.3 is 0 Å². The van der Waals surface area contributed by atoms with Crippen molar-refractivity contribution in [3.8, 4) is 5.88 Å². The monoisotopic (exact) mass is 332 g/mol. The first-order valence-electron chi connectivity index (χ1n) is 8.09. The van der Waals surface area contributed by atoms with Crippen molar-refractivity contribution in [2.45, 2.75) is 51.7 Å². The second-order valence-electron chi connectivity index (χ2n) is 7.59. The normalized spacial score (nSPS) is 14.0. The average Bonchev–Trinajstić information content (AvgIpc) is 2.50. The van der Waals surface area contributed by atoms with Crippen LogP contribution in [0.2, 0.25) is 18.1 Å². The van der Waals surface area contributed by atoms with Crippen LogP contribution in [0.1, 0.15) is 39.2 Å². The summed E-state index contributed by atoms with van der Waals surface area (Å²) in [5.74, 6) is 0.874. The Morgan fingerprint density at radius 2 is 1.87 bits per heavy atom. The van der Waals surface area contributed by atoms with Gasteiger partial charge in [0, 0.05) is 24.8 Å². The Kier molecular flexibility index (Phi) is 5.11. The molecule has 0 aliphatic rings. The molecule has 0 radical (unpaired) electrons. The van der Waals surface area contributed by atoms with Crippen molar-refractivity contribution in [1.82, 2.24) is 9.97 Å². The van der Waals surface area contributed by atoms with E-state index in [4.69, 9.17) is 9.16 Å². The molecule has 0 saturated carbocycles. The minimum atomic E-state index is -1.75. The maximum absolute atomic E-state index is 6.38. The number of pyridine rings is 2. The molecule has 2 heterocycles. The third kappa shape index (κ3) is 3.90. The number of methoxy groups -OCH3 is 1. The number of hydrogen-bond donors (Lipinski definition) is 0. The van der Waals surface area contributed by atoms with Gasteiger partial charge in [-0.05, 0) is 35.8 Å². The smallest absolute Gasteiger partial charge is 0.213 e. The van der Waals surface area contributed by atoms with Crippen LogP contribution in [0, 0.1) is 0 Å². The van der Waals surface area contributed by atoms with E-state index >= 15 is 0 Å². The topological polar surface area (TPSA) is 44.2 Å². The number of nitrogens with zero attached hydrogens (tertiary/aromatic N) is 2. The van der Waals surface area contributed by atoms with Crippen molar-refractivity contribution < 1.29 is 9.16 Å². The van der Waals surface area contributed by atoms with E-state index < -0.39 is 8.32 Å². The van der Waals surface area contributed by atoms with E-state index in [1.165, 1.54) is 0 Å². The highest BCUT2D eigenvalue weighted by Crippen LogP contribution is 2.37. The molecule has 2 aromatic heterocycles. The maximum Gasteiger partial charge on any atom is 0.213 e. The molecule has 1 unspecified atom stereocenters. The Balaban J connectivity index is 2.26.